The minimum atomic E-state index is -1.14. The Kier molecular flexibility index (Phi) is 4.89. The number of aromatic carboxylic acids is 1. The zero-order valence-corrected chi connectivity index (χ0v) is 11.6. The Bertz CT molecular complexity index is 662. The van der Waals surface area contributed by atoms with Crippen LogP contribution in [0.25, 0.3) is 0 Å². The van der Waals surface area contributed by atoms with Crippen LogP contribution in [0, 0.1) is 5.82 Å². The molecule has 21 heavy (non-hydrogen) atoms. The molecule has 0 fully saturated rings. The lowest BCUT2D eigenvalue weighted by Crippen LogP contribution is -2.16. The summed E-state index contributed by atoms with van der Waals surface area (Å²) in [6.07, 6.45) is 2.62. The molecule has 1 amide bonds. The van der Waals surface area contributed by atoms with E-state index in [1.165, 1.54) is 42.4 Å². The summed E-state index contributed by atoms with van der Waals surface area (Å²) in [5, 5.41) is 11.5. The quantitative estimate of drug-likeness (QED) is 0.830. The molecule has 0 spiro atoms. The molecule has 1 aromatic heterocycles. The fraction of sp³-hybridized carbons (Fsp3) is 0.0714. The van der Waals surface area contributed by atoms with Crippen molar-refractivity contribution in [2.24, 2.45) is 0 Å². The molecule has 7 heteroatoms. The first kappa shape index (κ1) is 15.0. The summed E-state index contributed by atoms with van der Waals surface area (Å²) < 4.78 is 12.7. The summed E-state index contributed by atoms with van der Waals surface area (Å²) in [4.78, 5) is 27.3. The molecule has 0 aliphatic carbocycles. The second kappa shape index (κ2) is 6.85. The van der Waals surface area contributed by atoms with Crippen LogP contribution in [0.4, 0.5) is 10.1 Å². The van der Waals surface area contributed by atoms with Gasteiger partial charge in [0.05, 0.1) is 23.2 Å². The maximum Gasteiger partial charge on any atom is 0.337 e. The van der Waals surface area contributed by atoms with E-state index in [2.05, 4.69) is 10.3 Å². The number of carboxylic acids is 1. The number of carboxylic acid groups (broad SMARTS) is 1. The fourth-order valence-corrected chi connectivity index (χ4v) is 2.25. The predicted octanol–water partition coefficient (Wildman–Crippen LogP) is 2.65. The standard InChI is InChI=1S/C14H11FN2O3S/c15-9-1-3-10(4-2-9)21-8-13(18)17-12-7-16-6-5-11(12)14(19)20/h1-7H,8H2,(H,17,18)(H,19,20). The number of nitrogens with one attached hydrogen (secondary N) is 1. The molecule has 0 saturated carbocycles. The third-order valence-electron chi connectivity index (χ3n) is 2.51. The Balaban J connectivity index is 1.96. The van der Waals surface area contributed by atoms with Crippen LogP contribution >= 0.6 is 11.8 Å². The van der Waals surface area contributed by atoms with Gasteiger partial charge in [-0.25, -0.2) is 9.18 Å². The summed E-state index contributed by atoms with van der Waals surface area (Å²) in [7, 11) is 0. The van der Waals surface area contributed by atoms with E-state index in [0.29, 0.717) is 0 Å². The molecule has 0 unspecified atom stereocenters. The second-order valence-electron chi connectivity index (χ2n) is 4.02. The van der Waals surface area contributed by atoms with E-state index >= 15 is 0 Å². The predicted molar refractivity (Wildman–Crippen MR) is 77.0 cm³/mol. The number of hydrogen-bond donors (Lipinski definition) is 2. The van der Waals surface area contributed by atoms with Gasteiger partial charge in [0, 0.05) is 11.1 Å². The average Bonchev–Trinajstić information content (AvgIpc) is 2.47. The van der Waals surface area contributed by atoms with Gasteiger partial charge in [0.15, 0.2) is 0 Å². The largest absolute Gasteiger partial charge is 0.478 e. The molecule has 0 bridgehead atoms. The number of aromatic nitrogens is 1. The number of carbonyl (C=O) groups excluding carboxylic acids is 1. The van der Waals surface area contributed by atoms with Crippen molar-refractivity contribution < 1.29 is 19.1 Å². The molecule has 0 saturated heterocycles. The van der Waals surface area contributed by atoms with E-state index < -0.39 is 5.97 Å². The van der Waals surface area contributed by atoms with Crippen LogP contribution in [0.5, 0.6) is 0 Å². The Labute approximate surface area is 124 Å². The van der Waals surface area contributed by atoms with Crippen molar-refractivity contribution in [2.45, 2.75) is 4.90 Å². The highest BCUT2D eigenvalue weighted by Crippen LogP contribution is 2.19. The Morgan fingerprint density at radius 2 is 1.95 bits per heavy atom. The number of pyridine rings is 1. The Morgan fingerprint density at radius 1 is 1.24 bits per heavy atom. The number of benzene rings is 1. The molecular weight excluding hydrogens is 295 g/mol. The normalized spacial score (nSPS) is 10.1. The molecule has 1 aromatic carbocycles. The van der Waals surface area contributed by atoms with Gasteiger partial charge >= 0.3 is 5.97 Å². The van der Waals surface area contributed by atoms with Gasteiger partial charge in [0.1, 0.15) is 5.82 Å². The minimum absolute atomic E-state index is 0.0230. The van der Waals surface area contributed by atoms with E-state index in [0.717, 1.165) is 4.90 Å². The van der Waals surface area contributed by atoms with Gasteiger partial charge in [-0.3, -0.25) is 9.78 Å². The lowest BCUT2D eigenvalue weighted by Gasteiger charge is -2.07. The van der Waals surface area contributed by atoms with Crippen molar-refractivity contribution in [1.82, 2.24) is 4.98 Å². The third-order valence-corrected chi connectivity index (χ3v) is 3.52. The zero-order chi connectivity index (χ0) is 15.2. The van der Waals surface area contributed by atoms with Crippen molar-refractivity contribution in [3.63, 3.8) is 0 Å². The Hall–Kier alpha value is -2.41. The molecule has 1 heterocycles. The zero-order valence-electron chi connectivity index (χ0n) is 10.7. The Morgan fingerprint density at radius 3 is 2.62 bits per heavy atom. The number of hydrogen-bond acceptors (Lipinski definition) is 4. The highest BCUT2D eigenvalue weighted by atomic mass is 32.2. The monoisotopic (exact) mass is 306 g/mol. The van der Waals surface area contributed by atoms with Crippen LogP contribution in [0.3, 0.4) is 0 Å². The maximum absolute atomic E-state index is 12.7. The van der Waals surface area contributed by atoms with Crippen LogP contribution in [-0.2, 0) is 4.79 Å². The van der Waals surface area contributed by atoms with Gasteiger partial charge < -0.3 is 10.4 Å². The van der Waals surface area contributed by atoms with E-state index in [1.54, 1.807) is 12.1 Å². The van der Waals surface area contributed by atoms with Gasteiger partial charge in [-0.1, -0.05) is 0 Å². The molecule has 5 nitrogen and oxygen atoms in total. The van der Waals surface area contributed by atoms with Crippen molar-refractivity contribution >= 4 is 29.3 Å². The first-order valence-corrected chi connectivity index (χ1v) is 6.90. The fourth-order valence-electron chi connectivity index (χ4n) is 1.55. The van der Waals surface area contributed by atoms with Crippen LogP contribution in [0.15, 0.2) is 47.6 Å². The van der Waals surface area contributed by atoms with Crippen LogP contribution in [0.2, 0.25) is 0 Å². The summed E-state index contributed by atoms with van der Waals surface area (Å²) in [6, 6.07) is 7.07. The minimum Gasteiger partial charge on any atom is -0.478 e. The SMILES string of the molecule is O=C(CSc1ccc(F)cc1)Nc1cnccc1C(=O)O. The number of nitrogens with zero attached hydrogens (tertiary/aromatic N) is 1. The molecule has 0 aliphatic heterocycles. The molecule has 2 rings (SSSR count). The lowest BCUT2D eigenvalue weighted by molar-refractivity contribution is -0.113. The molecule has 0 aliphatic rings. The molecule has 2 N–H and O–H groups in total. The summed E-state index contributed by atoms with van der Waals surface area (Å²) in [6.45, 7) is 0. The molecular formula is C14H11FN2O3S. The van der Waals surface area contributed by atoms with Crippen molar-refractivity contribution in [2.75, 3.05) is 11.1 Å². The first-order valence-electron chi connectivity index (χ1n) is 5.92. The first-order chi connectivity index (χ1) is 10.1. The lowest BCUT2D eigenvalue weighted by atomic mass is 10.2. The molecule has 0 atom stereocenters. The van der Waals surface area contributed by atoms with Gasteiger partial charge in [0.25, 0.3) is 0 Å². The van der Waals surface area contributed by atoms with Gasteiger partial charge in [-0.05, 0) is 30.3 Å². The maximum atomic E-state index is 12.7. The van der Waals surface area contributed by atoms with Gasteiger partial charge in [0.2, 0.25) is 5.91 Å². The van der Waals surface area contributed by atoms with E-state index in [9.17, 15) is 14.0 Å². The molecule has 108 valence electrons. The number of anilines is 1. The van der Waals surface area contributed by atoms with Crippen molar-refractivity contribution in [3.05, 3.63) is 54.1 Å². The second-order valence-corrected chi connectivity index (χ2v) is 5.07. The van der Waals surface area contributed by atoms with Crippen LogP contribution in [-0.4, -0.2) is 27.7 Å². The number of halogens is 1. The number of rotatable bonds is 5. The summed E-state index contributed by atoms with van der Waals surface area (Å²) in [5.74, 6) is -1.76. The van der Waals surface area contributed by atoms with Crippen molar-refractivity contribution in [3.8, 4) is 0 Å². The molecule has 0 radical (unpaired) electrons. The topological polar surface area (TPSA) is 79.3 Å². The smallest absolute Gasteiger partial charge is 0.337 e. The van der Waals surface area contributed by atoms with E-state index in [1.807, 2.05) is 0 Å². The highest BCUT2D eigenvalue weighted by Gasteiger charge is 2.12. The third kappa shape index (κ3) is 4.28. The van der Waals surface area contributed by atoms with Gasteiger partial charge in [-0.15, -0.1) is 11.8 Å². The average molecular weight is 306 g/mol. The van der Waals surface area contributed by atoms with Gasteiger partial charge in [-0.2, -0.15) is 0 Å². The van der Waals surface area contributed by atoms with Crippen LogP contribution < -0.4 is 5.32 Å². The van der Waals surface area contributed by atoms with E-state index in [4.69, 9.17) is 5.11 Å². The van der Waals surface area contributed by atoms with E-state index in [-0.39, 0.29) is 28.7 Å². The summed E-state index contributed by atoms with van der Waals surface area (Å²) >= 11 is 1.22. The highest BCUT2D eigenvalue weighted by molar-refractivity contribution is 8.00. The molecule has 2 aromatic rings. The number of thioether (sulfide) groups is 1. The van der Waals surface area contributed by atoms with Crippen LogP contribution in [0.1, 0.15) is 10.4 Å². The summed E-state index contributed by atoms with van der Waals surface area (Å²) in [5.41, 5.74) is 0.125. The number of amides is 1. The number of carbonyl (C=O) groups is 2. The van der Waals surface area contributed by atoms with Crippen molar-refractivity contribution in [1.29, 1.82) is 0 Å².